The van der Waals surface area contributed by atoms with Crippen LogP contribution >= 0.6 is 11.8 Å². The summed E-state index contributed by atoms with van der Waals surface area (Å²) in [6.45, 7) is 2.70. The Balaban J connectivity index is 2.39. The van der Waals surface area contributed by atoms with E-state index in [2.05, 4.69) is 17.2 Å². The fraction of sp³-hybridized carbons (Fsp3) is 0.417. The minimum absolute atomic E-state index is 0.0749. The molecule has 2 N–H and O–H groups in total. The lowest BCUT2D eigenvalue weighted by Crippen LogP contribution is -2.25. The Labute approximate surface area is 110 Å². The third-order valence-corrected chi connectivity index (χ3v) is 3.18. The molecule has 98 valence electrons. The molecule has 0 atom stereocenters. The van der Waals surface area contributed by atoms with E-state index in [4.69, 9.17) is 5.11 Å². The number of carboxylic acids is 1. The second-order valence-electron chi connectivity index (χ2n) is 3.54. The third-order valence-electron chi connectivity index (χ3n) is 2.20. The van der Waals surface area contributed by atoms with Crippen LogP contribution in [0.5, 0.6) is 0 Å². The number of nitrogens with one attached hydrogen (secondary N) is 1. The number of carbonyl (C=O) groups excluding carboxylic acids is 1. The quantitative estimate of drug-likeness (QED) is 0.735. The van der Waals surface area contributed by atoms with E-state index < -0.39 is 5.97 Å². The van der Waals surface area contributed by atoms with Gasteiger partial charge in [0.15, 0.2) is 0 Å². The molecule has 5 nitrogen and oxygen atoms in total. The van der Waals surface area contributed by atoms with Crippen LogP contribution in [0.15, 0.2) is 18.3 Å². The van der Waals surface area contributed by atoms with Crippen molar-refractivity contribution in [2.24, 2.45) is 0 Å². The summed E-state index contributed by atoms with van der Waals surface area (Å²) in [5.41, 5.74) is 0.314. The lowest BCUT2D eigenvalue weighted by atomic mass is 10.2. The van der Waals surface area contributed by atoms with Gasteiger partial charge in [-0.15, -0.1) is 0 Å². The fourth-order valence-electron chi connectivity index (χ4n) is 1.27. The van der Waals surface area contributed by atoms with Gasteiger partial charge in [-0.1, -0.05) is 6.92 Å². The maximum absolute atomic E-state index is 11.6. The predicted octanol–water partition coefficient (Wildman–Crippen LogP) is 1.65. The van der Waals surface area contributed by atoms with Crippen LogP contribution in [0, 0.1) is 0 Å². The normalized spacial score (nSPS) is 10.1. The molecule has 1 rings (SSSR count). The van der Waals surface area contributed by atoms with Crippen molar-refractivity contribution in [3.8, 4) is 0 Å². The molecular weight excluding hydrogens is 252 g/mol. The highest BCUT2D eigenvalue weighted by Gasteiger charge is 2.08. The molecule has 1 aromatic rings. The molecule has 6 heteroatoms. The van der Waals surface area contributed by atoms with Crippen molar-refractivity contribution in [1.82, 2.24) is 10.3 Å². The van der Waals surface area contributed by atoms with Crippen molar-refractivity contribution in [2.45, 2.75) is 13.3 Å². The first-order valence-electron chi connectivity index (χ1n) is 5.70. The minimum atomic E-state index is -1.05. The van der Waals surface area contributed by atoms with E-state index in [1.165, 1.54) is 18.3 Å². The summed E-state index contributed by atoms with van der Waals surface area (Å²) in [6, 6.07) is 2.79. The van der Waals surface area contributed by atoms with Gasteiger partial charge in [-0.2, -0.15) is 11.8 Å². The first-order valence-corrected chi connectivity index (χ1v) is 6.86. The Morgan fingerprint density at radius 1 is 1.44 bits per heavy atom. The van der Waals surface area contributed by atoms with Gasteiger partial charge < -0.3 is 10.4 Å². The van der Waals surface area contributed by atoms with Gasteiger partial charge in [0.05, 0.1) is 5.56 Å². The van der Waals surface area contributed by atoms with Crippen LogP contribution in [-0.4, -0.2) is 40.0 Å². The molecule has 0 saturated heterocycles. The van der Waals surface area contributed by atoms with Crippen LogP contribution < -0.4 is 5.32 Å². The van der Waals surface area contributed by atoms with E-state index >= 15 is 0 Å². The molecule has 0 bridgehead atoms. The van der Waals surface area contributed by atoms with Crippen molar-refractivity contribution in [3.63, 3.8) is 0 Å². The Kier molecular flexibility index (Phi) is 6.21. The number of nitrogens with zero attached hydrogens (tertiary/aromatic N) is 1. The van der Waals surface area contributed by atoms with E-state index in [9.17, 15) is 9.59 Å². The summed E-state index contributed by atoms with van der Waals surface area (Å²) in [6.07, 6.45) is 2.10. The lowest BCUT2D eigenvalue weighted by molar-refractivity contribution is 0.0695. The number of thioether (sulfide) groups is 1. The summed E-state index contributed by atoms with van der Waals surface area (Å²) in [4.78, 5) is 26.1. The van der Waals surface area contributed by atoms with Crippen LogP contribution in [-0.2, 0) is 0 Å². The summed E-state index contributed by atoms with van der Waals surface area (Å²) in [5.74, 6) is 0.772. The van der Waals surface area contributed by atoms with Gasteiger partial charge in [-0.25, -0.2) is 4.79 Å². The van der Waals surface area contributed by atoms with Crippen molar-refractivity contribution >= 4 is 23.6 Å². The zero-order valence-electron chi connectivity index (χ0n) is 10.2. The monoisotopic (exact) mass is 268 g/mol. The molecule has 0 spiro atoms. The van der Waals surface area contributed by atoms with Gasteiger partial charge in [0.2, 0.25) is 0 Å². The molecule has 0 unspecified atom stereocenters. The SMILES string of the molecule is CCSCCCNC(=O)c1ccc(C(=O)O)cn1. The molecule has 18 heavy (non-hydrogen) atoms. The maximum Gasteiger partial charge on any atom is 0.337 e. The second-order valence-corrected chi connectivity index (χ2v) is 4.94. The van der Waals surface area contributed by atoms with Gasteiger partial charge in [0, 0.05) is 12.7 Å². The van der Waals surface area contributed by atoms with Crippen LogP contribution in [0.2, 0.25) is 0 Å². The highest BCUT2D eigenvalue weighted by Crippen LogP contribution is 2.02. The van der Waals surface area contributed by atoms with Crippen LogP contribution in [0.4, 0.5) is 0 Å². The average molecular weight is 268 g/mol. The van der Waals surface area contributed by atoms with Gasteiger partial charge in [0.1, 0.15) is 5.69 Å². The number of aromatic nitrogens is 1. The maximum atomic E-state index is 11.6. The Morgan fingerprint density at radius 3 is 2.78 bits per heavy atom. The van der Waals surface area contributed by atoms with Gasteiger partial charge in [-0.05, 0) is 30.1 Å². The first kappa shape index (κ1) is 14.5. The Morgan fingerprint density at radius 2 is 2.22 bits per heavy atom. The molecular formula is C12H16N2O3S. The van der Waals surface area contributed by atoms with Gasteiger partial charge in [-0.3, -0.25) is 9.78 Å². The number of hydrogen-bond donors (Lipinski definition) is 2. The number of amides is 1. The van der Waals surface area contributed by atoms with Crippen LogP contribution in [0.3, 0.4) is 0 Å². The van der Waals surface area contributed by atoms with Crippen LogP contribution in [0.25, 0.3) is 0 Å². The number of aromatic carboxylic acids is 1. The van der Waals surface area contributed by atoms with E-state index in [1.807, 2.05) is 11.8 Å². The second kappa shape index (κ2) is 7.71. The molecule has 0 fully saturated rings. The molecule has 1 amide bonds. The largest absolute Gasteiger partial charge is 0.478 e. The summed E-state index contributed by atoms with van der Waals surface area (Å²) < 4.78 is 0. The minimum Gasteiger partial charge on any atom is -0.478 e. The fourth-order valence-corrected chi connectivity index (χ4v) is 1.90. The molecule has 0 aromatic carbocycles. The van der Waals surface area contributed by atoms with Crippen molar-refractivity contribution in [2.75, 3.05) is 18.1 Å². The number of carbonyl (C=O) groups is 2. The molecule has 1 aromatic heterocycles. The van der Waals surface area contributed by atoms with Crippen molar-refractivity contribution < 1.29 is 14.7 Å². The number of rotatable bonds is 7. The standard InChI is InChI=1S/C12H16N2O3S/c1-2-18-7-3-6-13-11(15)10-5-4-9(8-14-10)12(16)17/h4-5,8H,2-3,6-7H2,1H3,(H,13,15)(H,16,17). The highest BCUT2D eigenvalue weighted by atomic mass is 32.2. The lowest BCUT2D eigenvalue weighted by Gasteiger charge is -2.04. The van der Waals surface area contributed by atoms with Crippen molar-refractivity contribution in [1.29, 1.82) is 0 Å². The zero-order valence-corrected chi connectivity index (χ0v) is 11.0. The predicted molar refractivity (Wildman–Crippen MR) is 71.1 cm³/mol. The zero-order chi connectivity index (χ0) is 13.4. The third kappa shape index (κ3) is 4.75. The molecule has 0 aliphatic rings. The molecule has 0 saturated carbocycles. The summed E-state index contributed by atoms with van der Waals surface area (Å²) in [7, 11) is 0. The smallest absolute Gasteiger partial charge is 0.337 e. The number of carboxylic acid groups (broad SMARTS) is 1. The summed E-state index contributed by atoms with van der Waals surface area (Å²) >= 11 is 1.83. The number of hydrogen-bond acceptors (Lipinski definition) is 4. The molecule has 1 heterocycles. The van der Waals surface area contributed by atoms with E-state index in [0.29, 0.717) is 6.54 Å². The van der Waals surface area contributed by atoms with E-state index in [1.54, 1.807) is 0 Å². The molecule has 0 radical (unpaired) electrons. The average Bonchev–Trinajstić information content (AvgIpc) is 2.38. The highest BCUT2D eigenvalue weighted by molar-refractivity contribution is 7.99. The number of pyridine rings is 1. The Hall–Kier alpha value is -1.56. The first-order chi connectivity index (χ1) is 8.65. The molecule has 0 aliphatic heterocycles. The van der Waals surface area contributed by atoms with Crippen molar-refractivity contribution in [3.05, 3.63) is 29.6 Å². The van der Waals surface area contributed by atoms with Gasteiger partial charge in [0.25, 0.3) is 5.91 Å². The van der Waals surface area contributed by atoms with Crippen LogP contribution in [0.1, 0.15) is 34.2 Å². The van der Waals surface area contributed by atoms with E-state index in [0.717, 1.165) is 17.9 Å². The topological polar surface area (TPSA) is 79.3 Å². The molecule has 0 aliphatic carbocycles. The van der Waals surface area contributed by atoms with Gasteiger partial charge >= 0.3 is 5.97 Å². The van der Waals surface area contributed by atoms with E-state index in [-0.39, 0.29) is 17.2 Å². The summed E-state index contributed by atoms with van der Waals surface area (Å²) in [5, 5.41) is 11.4. The Bertz CT molecular complexity index is 406.